The van der Waals surface area contributed by atoms with Crippen LogP contribution >= 0.6 is 0 Å². The van der Waals surface area contributed by atoms with Gasteiger partial charge in [0, 0.05) is 37.9 Å². The summed E-state index contributed by atoms with van der Waals surface area (Å²) < 4.78 is 61.5. The number of carbonyl (C=O) groups is 2. The second-order valence-electron chi connectivity index (χ2n) is 12.6. The van der Waals surface area contributed by atoms with E-state index in [1.807, 2.05) is 26.0 Å². The van der Waals surface area contributed by atoms with Gasteiger partial charge in [-0.05, 0) is 68.7 Å². The minimum atomic E-state index is -2.94. The fourth-order valence-electron chi connectivity index (χ4n) is 6.17. The molecule has 9 nitrogen and oxygen atoms in total. The standard InChI is InChI=1S/C30H36F4N6O3/c1-16(2)40-22(8-10-35-40)28(42)39-26(23-7-9-29(31,32)15-43-23)27-36-20-6-5-19(12-21(20)37-27)25(18-3-4-18)38-24(41)11-17-13-30(33,34)14-17/h5-6,8,10,12,16-18,23,25-26H,3-4,7,9,11,13-15H2,1-2H3,(H,36,37)(H,38,41)(H,39,42)/t23-,25?,26-/m0/s1. The van der Waals surface area contributed by atoms with Crippen molar-refractivity contribution in [2.45, 2.75) is 94.9 Å². The summed E-state index contributed by atoms with van der Waals surface area (Å²) in [7, 11) is 0. The lowest BCUT2D eigenvalue weighted by Gasteiger charge is -2.34. The van der Waals surface area contributed by atoms with Crippen LogP contribution < -0.4 is 10.6 Å². The lowest BCUT2D eigenvalue weighted by molar-refractivity contribution is -0.151. The van der Waals surface area contributed by atoms with E-state index in [0.29, 0.717) is 22.6 Å². The molecule has 0 bridgehead atoms. The third-order valence-electron chi connectivity index (χ3n) is 8.59. The Bertz CT molecular complexity index is 1480. The van der Waals surface area contributed by atoms with E-state index in [-0.39, 0.29) is 61.9 Å². The number of fused-ring (bicyclic) bond motifs is 1. The van der Waals surface area contributed by atoms with Gasteiger partial charge in [-0.25, -0.2) is 22.5 Å². The summed E-state index contributed by atoms with van der Waals surface area (Å²) in [5, 5.41) is 10.2. The average molecular weight is 605 g/mol. The minimum absolute atomic E-state index is 0.0202. The number of rotatable bonds is 10. The van der Waals surface area contributed by atoms with E-state index in [4.69, 9.17) is 9.72 Å². The number of amides is 2. The lowest BCUT2D eigenvalue weighted by atomic mass is 9.79. The fraction of sp³-hybridized carbons (Fsp3) is 0.600. The Balaban J connectivity index is 1.24. The molecule has 1 saturated heterocycles. The number of nitrogens with one attached hydrogen (secondary N) is 3. The van der Waals surface area contributed by atoms with Crippen molar-refractivity contribution in [2.75, 3.05) is 6.61 Å². The van der Waals surface area contributed by atoms with Gasteiger partial charge in [0.05, 0.1) is 23.2 Å². The number of benzene rings is 1. The molecular formula is C30H36F4N6O3. The van der Waals surface area contributed by atoms with Gasteiger partial charge in [0.2, 0.25) is 11.8 Å². The van der Waals surface area contributed by atoms with Crippen LogP contribution in [0.2, 0.25) is 0 Å². The topological polar surface area (TPSA) is 114 Å². The van der Waals surface area contributed by atoms with Crippen molar-refractivity contribution >= 4 is 22.8 Å². The molecule has 6 rings (SSSR count). The molecule has 3 fully saturated rings. The van der Waals surface area contributed by atoms with Gasteiger partial charge in [0.25, 0.3) is 11.8 Å². The van der Waals surface area contributed by atoms with E-state index < -0.39 is 36.5 Å². The Morgan fingerprint density at radius 1 is 1.07 bits per heavy atom. The number of aromatic amines is 1. The summed E-state index contributed by atoms with van der Waals surface area (Å²) in [5.74, 6) is -5.96. The normalized spacial score (nSPS) is 23.1. The average Bonchev–Trinajstić information content (AvgIpc) is 3.47. The van der Waals surface area contributed by atoms with Crippen LogP contribution in [-0.4, -0.2) is 56.1 Å². The molecule has 3 aliphatic rings. The van der Waals surface area contributed by atoms with Crippen LogP contribution in [0, 0.1) is 11.8 Å². The fourth-order valence-corrected chi connectivity index (χ4v) is 6.17. The summed E-state index contributed by atoms with van der Waals surface area (Å²) in [6, 6.07) is 5.99. The molecule has 2 aromatic heterocycles. The maximum atomic E-state index is 13.9. The summed E-state index contributed by atoms with van der Waals surface area (Å²) in [6.45, 7) is 3.04. The van der Waals surface area contributed by atoms with E-state index in [9.17, 15) is 27.2 Å². The molecule has 1 aromatic carbocycles. The Labute approximate surface area is 246 Å². The predicted molar refractivity (Wildman–Crippen MR) is 149 cm³/mol. The lowest BCUT2D eigenvalue weighted by Crippen LogP contribution is -2.44. The quantitative estimate of drug-likeness (QED) is 0.260. The van der Waals surface area contributed by atoms with Crippen LogP contribution in [0.3, 0.4) is 0 Å². The highest BCUT2D eigenvalue weighted by molar-refractivity contribution is 5.93. The van der Waals surface area contributed by atoms with Crippen molar-refractivity contribution in [3.63, 3.8) is 0 Å². The molecule has 2 amide bonds. The highest BCUT2D eigenvalue weighted by Gasteiger charge is 2.46. The molecule has 1 aliphatic heterocycles. The number of hydrogen-bond donors (Lipinski definition) is 3. The molecule has 3 aromatic rings. The van der Waals surface area contributed by atoms with Gasteiger partial charge in [0.1, 0.15) is 24.2 Å². The SMILES string of the molecule is CC(C)n1nccc1C(=O)N[C@H](c1nc2ccc(C(NC(=O)CC3CC(F)(F)C3)C3CC3)cc2[nH]1)[C@@H]1CCC(F)(F)CO1. The number of hydrogen-bond acceptors (Lipinski definition) is 5. The van der Waals surface area contributed by atoms with Crippen molar-refractivity contribution in [2.24, 2.45) is 11.8 Å². The van der Waals surface area contributed by atoms with E-state index >= 15 is 0 Å². The zero-order valence-corrected chi connectivity index (χ0v) is 24.1. The summed E-state index contributed by atoms with van der Waals surface area (Å²) in [4.78, 5) is 34.0. The van der Waals surface area contributed by atoms with Crippen LogP contribution in [0.1, 0.15) is 98.8 Å². The maximum absolute atomic E-state index is 13.9. The first-order valence-electron chi connectivity index (χ1n) is 14.9. The van der Waals surface area contributed by atoms with Crippen molar-refractivity contribution < 1.29 is 31.9 Å². The monoisotopic (exact) mass is 604 g/mol. The Morgan fingerprint density at radius 2 is 1.84 bits per heavy atom. The summed E-state index contributed by atoms with van der Waals surface area (Å²) in [5.41, 5.74) is 2.43. The Hall–Kier alpha value is -3.48. The predicted octanol–water partition coefficient (Wildman–Crippen LogP) is 5.63. The Kier molecular flexibility index (Phi) is 7.72. The number of H-pyrrole nitrogens is 1. The van der Waals surface area contributed by atoms with Crippen molar-refractivity contribution in [3.05, 3.63) is 47.5 Å². The van der Waals surface area contributed by atoms with Crippen LogP contribution in [0.25, 0.3) is 11.0 Å². The highest BCUT2D eigenvalue weighted by atomic mass is 19.3. The summed E-state index contributed by atoms with van der Waals surface area (Å²) in [6.07, 6.45) is 1.90. The maximum Gasteiger partial charge on any atom is 0.271 e. The van der Waals surface area contributed by atoms with Gasteiger partial charge in [-0.3, -0.25) is 14.3 Å². The molecule has 2 saturated carbocycles. The van der Waals surface area contributed by atoms with E-state index in [1.165, 1.54) is 6.20 Å². The van der Waals surface area contributed by atoms with Gasteiger partial charge < -0.3 is 20.4 Å². The molecule has 3 heterocycles. The van der Waals surface area contributed by atoms with Crippen LogP contribution in [0.5, 0.6) is 0 Å². The number of aromatic nitrogens is 4. The van der Waals surface area contributed by atoms with E-state index in [1.54, 1.807) is 16.8 Å². The number of halogens is 4. The van der Waals surface area contributed by atoms with Gasteiger partial charge in [-0.2, -0.15) is 5.10 Å². The van der Waals surface area contributed by atoms with Crippen LogP contribution in [-0.2, 0) is 9.53 Å². The molecule has 0 spiro atoms. The second kappa shape index (κ2) is 11.2. The van der Waals surface area contributed by atoms with Crippen molar-refractivity contribution in [1.82, 2.24) is 30.4 Å². The molecule has 3 atom stereocenters. The van der Waals surface area contributed by atoms with Gasteiger partial charge in [0.15, 0.2) is 0 Å². The van der Waals surface area contributed by atoms with Gasteiger partial charge in [-0.15, -0.1) is 0 Å². The highest BCUT2D eigenvalue weighted by Crippen LogP contribution is 2.45. The van der Waals surface area contributed by atoms with E-state index in [2.05, 4.69) is 20.7 Å². The van der Waals surface area contributed by atoms with Gasteiger partial charge in [-0.1, -0.05) is 6.07 Å². The number of imidazole rings is 1. The number of ether oxygens (including phenoxy) is 1. The van der Waals surface area contributed by atoms with Crippen molar-refractivity contribution in [3.8, 4) is 0 Å². The van der Waals surface area contributed by atoms with E-state index in [0.717, 1.165) is 18.4 Å². The largest absolute Gasteiger partial charge is 0.369 e. The molecule has 232 valence electrons. The van der Waals surface area contributed by atoms with Crippen molar-refractivity contribution in [1.29, 1.82) is 0 Å². The first-order valence-corrected chi connectivity index (χ1v) is 14.9. The second-order valence-corrected chi connectivity index (χ2v) is 12.6. The zero-order chi connectivity index (χ0) is 30.5. The molecule has 0 radical (unpaired) electrons. The number of carbonyl (C=O) groups excluding carboxylic acids is 2. The van der Waals surface area contributed by atoms with Crippen LogP contribution in [0.15, 0.2) is 30.5 Å². The molecule has 43 heavy (non-hydrogen) atoms. The Morgan fingerprint density at radius 3 is 2.49 bits per heavy atom. The first-order chi connectivity index (χ1) is 20.4. The molecule has 2 aliphatic carbocycles. The number of alkyl halides is 4. The smallest absolute Gasteiger partial charge is 0.271 e. The molecule has 13 heteroatoms. The van der Waals surface area contributed by atoms with Gasteiger partial charge >= 0.3 is 0 Å². The zero-order valence-electron chi connectivity index (χ0n) is 24.1. The third-order valence-corrected chi connectivity index (χ3v) is 8.59. The van der Waals surface area contributed by atoms with Crippen LogP contribution in [0.4, 0.5) is 17.6 Å². The molecule has 1 unspecified atom stereocenters. The number of nitrogens with zero attached hydrogens (tertiary/aromatic N) is 3. The molecule has 3 N–H and O–H groups in total. The molecular weight excluding hydrogens is 568 g/mol. The third kappa shape index (κ3) is 6.56. The summed E-state index contributed by atoms with van der Waals surface area (Å²) >= 11 is 0. The minimum Gasteiger partial charge on any atom is -0.369 e. The first kappa shape index (κ1) is 29.6.